The lowest BCUT2D eigenvalue weighted by Gasteiger charge is -2.36. The zero-order valence-corrected chi connectivity index (χ0v) is 15.6. The fraction of sp³-hybridized carbons (Fsp3) is 0.389. The summed E-state index contributed by atoms with van der Waals surface area (Å²) in [5.41, 5.74) is 2.55. The molecule has 0 N–H and O–H groups in total. The van der Waals surface area contributed by atoms with Gasteiger partial charge in [-0.05, 0) is 43.9 Å². The Kier molecular flexibility index (Phi) is 5.43. The summed E-state index contributed by atoms with van der Waals surface area (Å²) in [6, 6.07) is 12.3. The number of anilines is 1. The van der Waals surface area contributed by atoms with Crippen LogP contribution in [0.4, 0.5) is 5.69 Å². The Bertz CT molecular complexity index is 708. The fourth-order valence-corrected chi connectivity index (χ4v) is 3.98. The first-order chi connectivity index (χ1) is 11.5. The standard InChI is InChI=1S/C18H22ClN3OS/c1-20(2)13-14-4-3-5-15(12-14)21-8-10-22(11-9-21)18(23)16-6-7-17(19)24-16/h3-7,12H,8-11,13H2,1-2H3. The number of halogens is 1. The van der Waals surface area contributed by atoms with Gasteiger partial charge in [-0.25, -0.2) is 0 Å². The highest BCUT2D eigenvalue weighted by molar-refractivity contribution is 7.17. The van der Waals surface area contributed by atoms with Crippen LogP contribution in [0.5, 0.6) is 0 Å². The second-order valence-electron chi connectivity index (χ2n) is 6.29. The van der Waals surface area contributed by atoms with Crippen LogP contribution in [0.1, 0.15) is 15.2 Å². The first kappa shape index (κ1) is 17.3. The highest BCUT2D eigenvalue weighted by Crippen LogP contribution is 2.24. The third-order valence-electron chi connectivity index (χ3n) is 4.13. The van der Waals surface area contributed by atoms with Gasteiger partial charge in [-0.3, -0.25) is 4.79 Å². The van der Waals surface area contributed by atoms with Crippen LogP contribution in [0.3, 0.4) is 0 Å². The Morgan fingerprint density at radius 1 is 1.17 bits per heavy atom. The number of nitrogens with zero attached hydrogens (tertiary/aromatic N) is 3. The molecule has 6 heteroatoms. The predicted molar refractivity (Wildman–Crippen MR) is 101 cm³/mol. The van der Waals surface area contributed by atoms with Gasteiger partial charge in [-0.1, -0.05) is 23.7 Å². The second kappa shape index (κ2) is 7.55. The summed E-state index contributed by atoms with van der Waals surface area (Å²) in [4.78, 5) is 19.6. The van der Waals surface area contributed by atoms with Crippen molar-refractivity contribution < 1.29 is 4.79 Å². The van der Waals surface area contributed by atoms with Gasteiger partial charge in [-0.2, -0.15) is 0 Å². The quantitative estimate of drug-likeness (QED) is 0.832. The Balaban J connectivity index is 1.61. The lowest BCUT2D eigenvalue weighted by molar-refractivity contribution is 0.0751. The van der Waals surface area contributed by atoms with Crippen LogP contribution in [0.25, 0.3) is 0 Å². The van der Waals surface area contributed by atoms with Gasteiger partial charge in [0, 0.05) is 38.4 Å². The molecule has 0 radical (unpaired) electrons. The SMILES string of the molecule is CN(C)Cc1cccc(N2CCN(C(=O)c3ccc(Cl)s3)CC2)c1. The van der Waals surface area contributed by atoms with E-state index in [-0.39, 0.29) is 5.91 Å². The molecule has 1 aromatic heterocycles. The van der Waals surface area contributed by atoms with E-state index in [1.165, 1.54) is 22.6 Å². The summed E-state index contributed by atoms with van der Waals surface area (Å²) in [5, 5.41) is 0. The molecular formula is C18H22ClN3OS. The number of amides is 1. The topological polar surface area (TPSA) is 26.8 Å². The van der Waals surface area contributed by atoms with Gasteiger partial charge in [0.25, 0.3) is 5.91 Å². The van der Waals surface area contributed by atoms with E-state index in [2.05, 4.69) is 48.2 Å². The Hall–Kier alpha value is -1.56. The minimum Gasteiger partial charge on any atom is -0.368 e. The number of benzene rings is 1. The van der Waals surface area contributed by atoms with Crippen molar-refractivity contribution in [3.05, 3.63) is 51.2 Å². The molecule has 0 bridgehead atoms. The maximum absolute atomic E-state index is 12.5. The third-order valence-corrected chi connectivity index (χ3v) is 5.34. The number of piperazine rings is 1. The molecule has 2 heterocycles. The maximum atomic E-state index is 12.5. The van der Waals surface area contributed by atoms with Crippen molar-refractivity contribution in [1.29, 1.82) is 0 Å². The van der Waals surface area contributed by atoms with Crippen LogP contribution in [0.2, 0.25) is 4.34 Å². The Morgan fingerprint density at radius 2 is 1.92 bits per heavy atom. The molecule has 128 valence electrons. The molecule has 0 unspecified atom stereocenters. The van der Waals surface area contributed by atoms with Gasteiger partial charge < -0.3 is 14.7 Å². The number of thiophene rings is 1. The van der Waals surface area contributed by atoms with E-state index in [9.17, 15) is 4.79 Å². The molecule has 0 saturated carbocycles. The average molecular weight is 364 g/mol. The number of carbonyl (C=O) groups excluding carboxylic acids is 1. The summed E-state index contributed by atoms with van der Waals surface area (Å²) in [6.45, 7) is 4.14. The molecular weight excluding hydrogens is 342 g/mol. The van der Waals surface area contributed by atoms with Crippen LogP contribution in [0, 0.1) is 0 Å². The van der Waals surface area contributed by atoms with Crippen molar-refractivity contribution in [1.82, 2.24) is 9.80 Å². The lowest BCUT2D eigenvalue weighted by atomic mass is 10.1. The highest BCUT2D eigenvalue weighted by Gasteiger charge is 2.23. The minimum atomic E-state index is 0.0907. The summed E-state index contributed by atoms with van der Waals surface area (Å²) in [6.07, 6.45) is 0. The van der Waals surface area contributed by atoms with Gasteiger partial charge >= 0.3 is 0 Å². The smallest absolute Gasteiger partial charge is 0.264 e. The number of carbonyl (C=O) groups is 1. The molecule has 1 amide bonds. The van der Waals surface area contributed by atoms with Crippen LogP contribution in [0.15, 0.2) is 36.4 Å². The molecule has 1 aliphatic heterocycles. The molecule has 2 aromatic rings. The van der Waals surface area contributed by atoms with Crippen molar-refractivity contribution in [3.8, 4) is 0 Å². The van der Waals surface area contributed by atoms with Crippen LogP contribution >= 0.6 is 22.9 Å². The van der Waals surface area contributed by atoms with E-state index in [1.54, 1.807) is 6.07 Å². The Labute approximate surface area is 152 Å². The number of hydrogen-bond donors (Lipinski definition) is 0. The van der Waals surface area contributed by atoms with Gasteiger partial charge in [0.1, 0.15) is 0 Å². The maximum Gasteiger partial charge on any atom is 0.264 e. The van der Waals surface area contributed by atoms with Crippen LogP contribution in [-0.2, 0) is 6.54 Å². The summed E-state index contributed by atoms with van der Waals surface area (Å²) in [7, 11) is 4.15. The highest BCUT2D eigenvalue weighted by atomic mass is 35.5. The lowest BCUT2D eigenvalue weighted by Crippen LogP contribution is -2.48. The largest absolute Gasteiger partial charge is 0.368 e. The first-order valence-electron chi connectivity index (χ1n) is 8.06. The predicted octanol–water partition coefficient (Wildman–Crippen LogP) is 3.43. The van der Waals surface area contributed by atoms with Crippen molar-refractivity contribution in [2.75, 3.05) is 45.2 Å². The normalized spacial score (nSPS) is 15.2. The van der Waals surface area contributed by atoms with E-state index in [0.717, 1.165) is 37.6 Å². The number of hydrogen-bond acceptors (Lipinski definition) is 4. The fourth-order valence-electron chi connectivity index (χ4n) is 2.97. The summed E-state index contributed by atoms with van der Waals surface area (Å²) in [5.74, 6) is 0.0907. The van der Waals surface area contributed by atoms with Gasteiger partial charge in [0.2, 0.25) is 0 Å². The molecule has 0 atom stereocenters. The Morgan fingerprint density at radius 3 is 2.54 bits per heavy atom. The van der Waals surface area contributed by atoms with Crippen molar-refractivity contribution in [3.63, 3.8) is 0 Å². The van der Waals surface area contributed by atoms with Gasteiger partial charge in [0.15, 0.2) is 0 Å². The molecule has 0 aliphatic carbocycles. The summed E-state index contributed by atoms with van der Waals surface area (Å²) < 4.78 is 0.662. The minimum absolute atomic E-state index is 0.0907. The molecule has 1 saturated heterocycles. The first-order valence-corrected chi connectivity index (χ1v) is 9.25. The zero-order valence-electron chi connectivity index (χ0n) is 14.0. The summed E-state index contributed by atoms with van der Waals surface area (Å²) >= 11 is 7.28. The molecule has 3 rings (SSSR count). The van der Waals surface area contributed by atoms with Crippen molar-refractivity contribution in [2.45, 2.75) is 6.54 Å². The zero-order chi connectivity index (χ0) is 17.1. The van der Waals surface area contributed by atoms with Gasteiger partial charge in [-0.15, -0.1) is 11.3 Å². The molecule has 24 heavy (non-hydrogen) atoms. The van der Waals surface area contributed by atoms with Crippen LogP contribution < -0.4 is 4.90 Å². The molecule has 1 fully saturated rings. The molecule has 4 nitrogen and oxygen atoms in total. The number of rotatable bonds is 4. The van der Waals surface area contributed by atoms with Crippen molar-refractivity contribution in [2.24, 2.45) is 0 Å². The monoisotopic (exact) mass is 363 g/mol. The van der Waals surface area contributed by atoms with E-state index in [0.29, 0.717) is 4.34 Å². The molecule has 1 aromatic carbocycles. The van der Waals surface area contributed by atoms with Crippen molar-refractivity contribution >= 4 is 34.5 Å². The van der Waals surface area contributed by atoms with E-state index in [4.69, 9.17) is 11.6 Å². The van der Waals surface area contributed by atoms with Gasteiger partial charge in [0.05, 0.1) is 9.21 Å². The van der Waals surface area contributed by atoms with E-state index in [1.807, 2.05) is 11.0 Å². The third kappa shape index (κ3) is 4.09. The van der Waals surface area contributed by atoms with E-state index >= 15 is 0 Å². The molecule has 0 spiro atoms. The second-order valence-corrected chi connectivity index (χ2v) is 8.01. The average Bonchev–Trinajstić information content (AvgIpc) is 3.00. The van der Waals surface area contributed by atoms with Crippen LogP contribution in [-0.4, -0.2) is 56.0 Å². The van der Waals surface area contributed by atoms with E-state index < -0.39 is 0 Å². The molecule has 1 aliphatic rings.